The number of rotatable bonds is 5. The van der Waals surface area contributed by atoms with Crippen LogP contribution in [0.3, 0.4) is 0 Å². The zero-order chi connectivity index (χ0) is 19.5. The van der Waals surface area contributed by atoms with Gasteiger partial charge in [0.15, 0.2) is 0 Å². The Bertz CT molecular complexity index is 967. The van der Waals surface area contributed by atoms with Gasteiger partial charge in [-0.2, -0.15) is 5.10 Å². The Labute approximate surface area is 162 Å². The lowest BCUT2D eigenvalue weighted by Crippen LogP contribution is -2.43. The van der Waals surface area contributed by atoms with Crippen molar-refractivity contribution in [2.24, 2.45) is 0 Å². The molecule has 1 aliphatic heterocycles. The Hall–Kier alpha value is -3.06. The Kier molecular flexibility index (Phi) is 5.16. The second-order valence-electron chi connectivity index (χ2n) is 6.98. The first kappa shape index (κ1) is 18.3. The van der Waals surface area contributed by atoms with Crippen LogP contribution in [0.25, 0.3) is 11.3 Å². The average molecular weight is 382 g/mol. The van der Waals surface area contributed by atoms with Crippen molar-refractivity contribution >= 4 is 5.69 Å². The van der Waals surface area contributed by atoms with Crippen LogP contribution in [0.15, 0.2) is 42.6 Å². The van der Waals surface area contributed by atoms with Gasteiger partial charge in [-0.1, -0.05) is 12.1 Å². The summed E-state index contributed by atoms with van der Waals surface area (Å²) in [6.07, 6.45) is 2.94. The molecular weight excluding hydrogens is 359 g/mol. The molecule has 6 nitrogen and oxygen atoms in total. The maximum absolute atomic E-state index is 13.4. The first-order valence-corrected chi connectivity index (χ1v) is 9.41. The summed E-state index contributed by atoms with van der Waals surface area (Å²) in [6.45, 7) is 3.51. The molecule has 3 aromatic rings. The second kappa shape index (κ2) is 7.90. The molecule has 0 bridgehead atoms. The molecule has 1 aliphatic rings. The van der Waals surface area contributed by atoms with Crippen LogP contribution >= 0.6 is 0 Å². The number of hydrogen-bond acceptors (Lipinski definition) is 5. The lowest BCUT2D eigenvalue weighted by Gasteiger charge is -2.29. The fraction of sp³-hybridized carbons (Fsp3) is 0.286. The highest BCUT2D eigenvalue weighted by molar-refractivity contribution is 5.80. The molecule has 0 aliphatic carbocycles. The molecule has 4 rings (SSSR count). The number of phenols is 2. The van der Waals surface area contributed by atoms with Crippen molar-refractivity contribution in [1.82, 2.24) is 15.5 Å². The first-order valence-electron chi connectivity index (χ1n) is 9.41. The molecule has 4 N–H and O–H groups in total. The summed E-state index contributed by atoms with van der Waals surface area (Å²) in [6, 6.07) is 9.57. The smallest absolute Gasteiger partial charge is 0.128 e. The van der Waals surface area contributed by atoms with Gasteiger partial charge in [-0.15, -0.1) is 0 Å². The van der Waals surface area contributed by atoms with E-state index in [0.29, 0.717) is 29.7 Å². The topological polar surface area (TPSA) is 84.4 Å². The number of phenolic OH excluding ortho intramolecular Hbond substituents is 2. The Balaban J connectivity index is 1.62. The molecule has 0 saturated carbocycles. The van der Waals surface area contributed by atoms with E-state index < -0.39 is 0 Å². The van der Waals surface area contributed by atoms with E-state index in [2.05, 4.69) is 20.4 Å². The number of aryl methyl sites for hydroxylation is 2. The predicted octanol–water partition coefficient (Wildman–Crippen LogP) is 2.82. The molecular formula is C21H23FN4O2. The molecule has 1 aromatic heterocycles. The van der Waals surface area contributed by atoms with Gasteiger partial charge < -0.3 is 20.4 Å². The average Bonchev–Trinajstić information content (AvgIpc) is 3.18. The zero-order valence-electron chi connectivity index (χ0n) is 15.5. The van der Waals surface area contributed by atoms with Crippen LogP contribution in [0.5, 0.6) is 11.5 Å². The highest BCUT2D eigenvalue weighted by Gasteiger charge is 2.21. The maximum Gasteiger partial charge on any atom is 0.128 e. The van der Waals surface area contributed by atoms with Crippen molar-refractivity contribution in [2.45, 2.75) is 12.8 Å². The maximum atomic E-state index is 13.4. The van der Waals surface area contributed by atoms with Gasteiger partial charge in [0.2, 0.25) is 0 Å². The predicted molar refractivity (Wildman–Crippen MR) is 106 cm³/mol. The third-order valence-corrected chi connectivity index (χ3v) is 5.10. The third-order valence-electron chi connectivity index (χ3n) is 5.10. The number of aromatic amines is 1. The fourth-order valence-corrected chi connectivity index (χ4v) is 3.61. The normalized spacial score (nSPS) is 14.4. The molecule has 0 spiro atoms. The molecule has 146 valence electrons. The summed E-state index contributed by atoms with van der Waals surface area (Å²) in [4.78, 5) is 2.22. The van der Waals surface area contributed by atoms with Gasteiger partial charge in [-0.25, -0.2) is 4.39 Å². The van der Waals surface area contributed by atoms with E-state index in [4.69, 9.17) is 0 Å². The minimum Gasteiger partial charge on any atom is -0.508 e. The minimum atomic E-state index is -0.273. The largest absolute Gasteiger partial charge is 0.508 e. The quantitative estimate of drug-likeness (QED) is 0.545. The van der Waals surface area contributed by atoms with Gasteiger partial charge in [-0.3, -0.25) is 5.10 Å². The van der Waals surface area contributed by atoms with E-state index in [1.165, 1.54) is 18.2 Å². The number of piperazine rings is 1. The molecule has 0 atom stereocenters. The number of H-pyrrole nitrogens is 1. The van der Waals surface area contributed by atoms with Crippen molar-refractivity contribution in [3.8, 4) is 22.8 Å². The number of aromatic hydroxyl groups is 2. The molecule has 0 unspecified atom stereocenters. The van der Waals surface area contributed by atoms with E-state index in [0.717, 1.165) is 37.4 Å². The standard InChI is InChI=1S/C21H23FN4O2/c22-16-3-1-2-14(10-16)4-5-15-11-17(20(28)12-19(15)27)21-18(13-24-25-21)26-8-6-23-7-9-26/h1-3,10-13,23,27-28H,4-9H2,(H,24,25). The van der Waals surface area contributed by atoms with Gasteiger partial charge in [0, 0.05) is 44.0 Å². The molecule has 28 heavy (non-hydrogen) atoms. The van der Waals surface area contributed by atoms with Crippen molar-refractivity contribution < 1.29 is 14.6 Å². The second-order valence-corrected chi connectivity index (χ2v) is 6.98. The molecule has 0 amide bonds. The molecule has 0 radical (unpaired) electrons. The highest BCUT2D eigenvalue weighted by Crippen LogP contribution is 2.38. The molecule has 1 saturated heterocycles. The Morgan fingerprint density at radius 1 is 1.04 bits per heavy atom. The van der Waals surface area contributed by atoms with Crippen molar-refractivity contribution in [2.75, 3.05) is 31.1 Å². The zero-order valence-corrected chi connectivity index (χ0v) is 15.5. The van der Waals surface area contributed by atoms with Crippen LogP contribution in [0.1, 0.15) is 11.1 Å². The van der Waals surface area contributed by atoms with Gasteiger partial charge in [-0.05, 0) is 42.2 Å². The summed E-state index contributed by atoms with van der Waals surface area (Å²) < 4.78 is 13.4. The van der Waals surface area contributed by atoms with E-state index >= 15 is 0 Å². The van der Waals surface area contributed by atoms with E-state index in [9.17, 15) is 14.6 Å². The van der Waals surface area contributed by atoms with Crippen molar-refractivity contribution in [3.05, 3.63) is 59.5 Å². The van der Waals surface area contributed by atoms with Crippen molar-refractivity contribution in [3.63, 3.8) is 0 Å². The Morgan fingerprint density at radius 3 is 2.64 bits per heavy atom. The number of nitrogens with one attached hydrogen (secondary N) is 2. The SMILES string of the molecule is Oc1cc(O)c(-c2n[nH]cc2N2CCNCC2)cc1CCc1cccc(F)c1. The number of benzene rings is 2. The number of aromatic nitrogens is 2. The minimum absolute atomic E-state index is 0.0181. The van der Waals surface area contributed by atoms with Gasteiger partial charge in [0.05, 0.1) is 5.69 Å². The highest BCUT2D eigenvalue weighted by atomic mass is 19.1. The monoisotopic (exact) mass is 382 g/mol. The number of anilines is 1. The number of nitrogens with zero attached hydrogens (tertiary/aromatic N) is 2. The number of hydrogen-bond donors (Lipinski definition) is 4. The summed E-state index contributed by atoms with van der Waals surface area (Å²) in [5.74, 6) is -0.266. The third kappa shape index (κ3) is 3.80. The van der Waals surface area contributed by atoms with Crippen LogP contribution in [-0.4, -0.2) is 46.6 Å². The van der Waals surface area contributed by atoms with Crippen LogP contribution < -0.4 is 10.2 Å². The lowest BCUT2D eigenvalue weighted by molar-refractivity contribution is 0.447. The lowest BCUT2D eigenvalue weighted by atomic mass is 9.99. The number of halogens is 1. The molecule has 7 heteroatoms. The van der Waals surface area contributed by atoms with Crippen LogP contribution in [0.4, 0.5) is 10.1 Å². The van der Waals surface area contributed by atoms with Gasteiger partial charge in [0.25, 0.3) is 0 Å². The summed E-state index contributed by atoms with van der Waals surface area (Å²) in [5.41, 5.74) is 3.70. The summed E-state index contributed by atoms with van der Waals surface area (Å²) >= 11 is 0. The first-order chi connectivity index (χ1) is 13.6. The molecule has 2 aromatic carbocycles. The van der Waals surface area contributed by atoms with Crippen LogP contribution in [-0.2, 0) is 12.8 Å². The van der Waals surface area contributed by atoms with Gasteiger partial charge in [0.1, 0.15) is 23.0 Å². The van der Waals surface area contributed by atoms with Crippen molar-refractivity contribution in [1.29, 1.82) is 0 Å². The molecule has 2 heterocycles. The van der Waals surface area contributed by atoms with E-state index in [-0.39, 0.29) is 17.3 Å². The summed E-state index contributed by atoms with van der Waals surface area (Å²) in [5, 5.41) is 31.3. The summed E-state index contributed by atoms with van der Waals surface area (Å²) in [7, 11) is 0. The van der Waals surface area contributed by atoms with Gasteiger partial charge >= 0.3 is 0 Å². The molecule has 1 fully saturated rings. The van der Waals surface area contributed by atoms with E-state index in [1.807, 2.05) is 12.3 Å². The van der Waals surface area contributed by atoms with E-state index in [1.54, 1.807) is 12.1 Å². The van der Waals surface area contributed by atoms with Crippen LogP contribution in [0.2, 0.25) is 0 Å². The fourth-order valence-electron chi connectivity index (χ4n) is 3.61. The van der Waals surface area contributed by atoms with Crippen LogP contribution in [0, 0.1) is 5.82 Å². The Morgan fingerprint density at radius 2 is 1.86 bits per heavy atom.